The van der Waals surface area contributed by atoms with Gasteiger partial charge in [0.15, 0.2) is 0 Å². The van der Waals surface area contributed by atoms with Crippen LogP contribution in [0.3, 0.4) is 0 Å². The molecule has 0 saturated heterocycles. The molecule has 2 radical (unpaired) electrons. The van der Waals surface area contributed by atoms with E-state index in [1.807, 2.05) is 0 Å². The van der Waals surface area contributed by atoms with Crippen LogP contribution in [0.15, 0.2) is 0 Å². The summed E-state index contributed by atoms with van der Waals surface area (Å²) in [7, 11) is 0. The van der Waals surface area contributed by atoms with Crippen molar-refractivity contribution in [3.05, 3.63) is 6.92 Å². The number of ether oxygens (including phenoxy) is 2. The molecule has 0 aromatic rings. The second kappa shape index (κ2) is 11.8. The predicted octanol–water partition coefficient (Wildman–Crippen LogP) is -0.968. The largest absolute Gasteiger partial charge is 0.394 e. The Hall–Kier alpha value is -0.240. The molecule has 0 amide bonds. The van der Waals surface area contributed by atoms with Gasteiger partial charge in [0.2, 0.25) is 0 Å². The summed E-state index contributed by atoms with van der Waals surface area (Å²) in [5.41, 5.74) is 0. The van der Waals surface area contributed by atoms with E-state index in [0.29, 0.717) is 0 Å². The first-order valence-electron chi connectivity index (χ1n) is 4.70. The lowest BCUT2D eigenvalue weighted by atomic mass is 10.4. The highest BCUT2D eigenvalue weighted by Crippen LogP contribution is 1.96. The number of aliphatic hydroxyl groups is 2. The molecule has 0 aliphatic heterocycles. The average molecular weight is 222 g/mol. The van der Waals surface area contributed by atoms with Crippen LogP contribution < -0.4 is 0 Å². The van der Waals surface area contributed by atoms with Gasteiger partial charge in [-0.3, -0.25) is 0 Å². The molecule has 0 fully saturated rings. The highest BCUT2D eigenvalue weighted by molar-refractivity contribution is 4.53. The summed E-state index contributed by atoms with van der Waals surface area (Å²) in [6.45, 7) is 5.82. The van der Waals surface area contributed by atoms with E-state index in [-0.39, 0.29) is 46.2 Å². The van der Waals surface area contributed by atoms with Crippen LogP contribution in [0.25, 0.3) is 0 Å². The Morgan fingerprint density at radius 2 is 1.53 bits per heavy atom. The van der Waals surface area contributed by atoms with Crippen molar-refractivity contribution in [2.75, 3.05) is 46.2 Å². The molecule has 0 aliphatic carbocycles. The van der Waals surface area contributed by atoms with Crippen molar-refractivity contribution in [3.8, 4) is 0 Å². The second-order valence-electron chi connectivity index (χ2n) is 2.60. The Labute approximate surface area is 89.6 Å². The SMILES string of the molecule is [CH]COOC(COCCO)COCCO. The van der Waals surface area contributed by atoms with Crippen molar-refractivity contribution in [1.82, 2.24) is 0 Å². The van der Waals surface area contributed by atoms with E-state index in [0.717, 1.165) is 0 Å². The molecule has 2 N–H and O–H groups in total. The number of aliphatic hydroxyl groups excluding tert-OH is 2. The Morgan fingerprint density at radius 1 is 1.00 bits per heavy atom. The third kappa shape index (κ3) is 10.1. The Morgan fingerprint density at radius 3 is 1.93 bits per heavy atom. The highest BCUT2D eigenvalue weighted by atomic mass is 17.2. The van der Waals surface area contributed by atoms with Gasteiger partial charge in [-0.1, -0.05) is 0 Å². The summed E-state index contributed by atoms with van der Waals surface area (Å²) in [5.74, 6) is 0. The molecule has 0 aromatic carbocycles. The molecular weight excluding hydrogens is 204 g/mol. The first-order valence-corrected chi connectivity index (χ1v) is 4.70. The lowest BCUT2D eigenvalue weighted by Gasteiger charge is -2.15. The van der Waals surface area contributed by atoms with Gasteiger partial charge in [0.05, 0.1) is 46.2 Å². The van der Waals surface area contributed by atoms with E-state index in [1.54, 1.807) is 0 Å². The van der Waals surface area contributed by atoms with Crippen LogP contribution >= 0.6 is 0 Å². The smallest absolute Gasteiger partial charge is 0.139 e. The van der Waals surface area contributed by atoms with Crippen molar-refractivity contribution in [3.63, 3.8) is 0 Å². The fourth-order valence-electron chi connectivity index (χ4n) is 0.798. The third-order valence-corrected chi connectivity index (χ3v) is 1.35. The summed E-state index contributed by atoms with van der Waals surface area (Å²) in [4.78, 5) is 9.40. The standard InChI is InChI=1S/C9H18O6/c1-2-14-15-9(7-12-5-3-10)8-13-6-4-11/h1,9-11H,2-8H2. The number of hydrogen-bond donors (Lipinski definition) is 2. The summed E-state index contributed by atoms with van der Waals surface area (Å²) >= 11 is 0. The molecular formula is C9H18O6. The summed E-state index contributed by atoms with van der Waals surface area (Å²) in [6.07, 6.45) is -0.424. The lowest BCUT2D eigenvalue weighted by Crippen LogP contribution is -2.27. The highest BCUT2D eigenvalue weighted by Gasteiger charge is 2.10. The quantitative estimate of drug-likeness (QED) is 0.266. The maximum atomic E-state index is 8.49. The summed E-state index contributed by atoms with van der Waals surface area (Å²) in [6, 6.07) is 0. The van der Waals surface area contributed by atoms with Crippen LogP contribution in [0.1, 0.15) is 0 Å². The maximum absolute atomic E-state index is 8.49. The van der Waals surface area contributed by atoms with Crippen LogP contribution in [-0.2, 0) is 19.2 Å². The van der Waals surface area contributed by atoms with Gasteiger partial charge in [0, 0.05) is 0 Å². The van der Waals surface area contributed by atoms with Crippen LogP contribution in [0.5, 0.6) is 0 Å². The molecule has 15 heavy (non-hydrogen) atoms. The summed E-state index contributed by atoms with van der Waals surface area (Å²) < 4.78 is 10.1. The molecule has 0 heterocycles. The minimum atomic E-state index is -0.424. The molecule has 0 atom stereocenters. The van der Waals surface area contributed by atoms with Crippen molar-refractivity contribution >= 4 is 0 Å². The lowest BCUT2D eigenvalue weighted by molar-refractivity contribution is -0.330. The van der Waals surface area contributed by atoms with Crippen molar-refractivity contribution in [2.45, 2.75) is 6.10 Å². The van der Waals surface area contributed by atoms with Crippen LogP contribution in [0, 0.1) is 6.92 Å². The van der Waals surface area contributed by atoms with Crippen LogP contribution in [-0.4, -0.2) is 62.6 Å². The first-order chi connectivity index (χ1) is 7.35. The van der Waals surface area contributed by atoms with Crippen molar-refractivity contribution < 1.29 is 29.5 Å². The fraction of sp³-hybridized carbons (Fsp3) is 0.889. The van der Waals surface area contributed by atoms with Crippen LogP contribution in [0.2, 0.25) is 0 Å². The molecule has 0 aliphatic rings. The van der Waals surface area contributed by atoms with E-state index >= 15 is 0 Å². The normalized spacial score (nSPS) is 11.2. The molecule has 0 spiro atoms. The van der Waals surface area contributed by atoms with E-state index in [2.05, 4.69) is 4.89 Å². The van der Waals surface area contributed by atoms with E-state index in [1.165, 1.54) is 0 Å². The van der Waals surface area contributed by atoms with Gasteiger partial charge in [-0.05, 0) is 6.92 Å². The number of rotatable bonds is 11. The fourth-order valence-corrected chi connectivity index (χ4v) is 0.798. The van der Waals surface area contributed by atoms with E-state index in [4.69, 9.17) is 31.5 Å². The van der Waals surface area contributed by atoms with E-state index in [9.17, 15) is 0 Å². The second-order valence-corrected chi connectivity index (χ2v) is 2.60. The monoisotopic (exact) mass is 222 g/mol. The molecule has 0 rings (SSSR count). The van der Waals surface area contributed by atoms with Crippen molar-refractivity contribution in [1.29, 1.82) is 0 Å². The number of hydrogen-bond acceptors (Lipinski definition) is 6. The summed E-state index contributed by atoms with van der Waals surface area (Å²) in [5, 5.41) is 17.0. The molecule has 90 valence electrons. The first kappa shape index (κ1) is 14.8. The molecule has 0 aromatic heterocycles. The zero-order valence-corrected chi connectivity index (χ0v) is 8.63. The molecule has 0 unspecified atom stereocenters. The van der Waals surface area contributed by atoms with Gasteiger partial charge in [-0.25, -0.2) is 9.78 Å². The van der Waals surface area contributed by atoms with E-state index < -0.39 is 6.10 Å². The maximum Gasteiger partial charge on any atom is 0.139 e. The molecule has 0 saturated carbocycles. The van der Waals surface area contributed by atoms with Gasteiger partial charge in [0.1, 0.15) is 6.10 Å². The third-order valence-electron chi connectivity index (χ3n) is 1.35. The zero-order chi connectivity index (χ0) is 11.4. The topological polar surface area (TPSA) is 77.4 Å². The molecule has 6 heteroatoms. The minimum Gasteiger partial charge on any atom is -0.394 e. The van der Waals surface area contributed by atoms with Gasteiger partial charge in [0.25, 0.3) is 0 Å². The average Bonchev–Trinajstić information content (AvgIpc) is 2.25. The Balaban J connectivity index is 3.53. The van der Waals surface area contributed by atoms with Gasteiger partial charge in [-0.15, -0.1) is 0 Å². The van der Waals surface area contributed by atoms with Gasteiger partial charge in [-0.2, -0.15) is 0 Å². The van der Waals surface area contributed by atoms with Crippen LogP contribution in [0.4, 0.5) is 0 Å². The van der Waals surface area contributed by atoms with Gasteiger partial charge >= 0.3 is 0 Å². The zero-order valence-electron chi connectivity index (χ0n) is 8.63. The Kier molecular flexibility index (Phi) is 11.6. The Bertz CT molecular complexity index is 111. The minimum absolute atomic E-state index is 0.0536. The van der Waals surface area contributed by atoms with Gasteiger partial charge < -0.3 is 19.7 Å². The molecule has 6 nitrogen and oxygen atoms in total. The van der Waals surface area contributed by atoms with Crippen molar-refractivity contribution in [2.24, 2.45) is 0 Å². The predicted molar refractivity (Wildman–Crippen MR) is 50.9 cm³/mol. The molecule has 0 bridgehead atoms.